The SMILES string of the molecule is NC(=O)c1c(Nc2cccc(Cl)c2)n[nH]c1NCc1ccc(-c2ccc(Cl)cc2)o1. The maximum absolute atomic E-state index is 12.0. The van der Waals surface area contributed by atoms with Gasteiger partial charge in [0.15, 0.2) is 5.82 Å². The van der Waals surface area contributed by atoms with Crippen LogP contribution in [0.1, 0.15) is 16.1 Å². The molecule has 0 aliphatic rings. The number of carbonyl (C=O) groups excluding carboxylic acids is 1. The van der Waals surface area contributed by atoms with Crippen LogP contribution in [0, 0.1) is 0 Å². The number of benzene rings is 2. The highest BCUT2D eigenvalue weighted by Crippen LogP contribution is 2.27. The number of halogens is 2. The third-order valence-corrected chi connectivity index (χ3v) is 4.82. The van der Waals surface area contributed by atoms with Gasteiger partial charge >= 0.3 is 0 Å². The van der Waals surface area contributed by atoms with Gasteiger partial charge in [-0.2, -0.15) is 5.10 Å². The Kier molecular flexibility index (Phi) is 5.65. The summed E-state index contributed by atoms with van der Waals surface area (Å²) in [6.07, 6.45) is 0. The first-order valence-electron chi connectivity index (χ1n) is 8.99. The van der Waals surface area contributed by atoms with Crippen LogP contribution in [0.5, 0.6) is 0 Å². The molecule has 2 heterocycles. The molecule has 0 radical (unpaired) electrons. The van der Waals surface area contributed by atoms with Crippen molar-refractivity contribution < 1.29 is 9.21 Å². The third-order valence-electron chi connectivity index (χ3n) is 4.33. The molecular formula is C21H17Cl2N5O2. The van der Waals surface area contributed by atoms with E-state index in [1.54, 1.807) is 36.4 Å². The Hall–Kier alpha value is -3.42. The van der Waals surface area contributed by atoms with Crippen molar-refractivity contribution in [1.82, 2.24) is 10.2 Å². The van der Waals surface area contributed by atoms with Crippen LogP contribution in [0.25, 0.3) is 11.3 Å². The zero-order chi connectivity index (χ0) is 21.1. The highest BCUT2D eigenvalue weighted by molar-refractivity contribution is 6.31. The van der Waals surface area contributed by atoms with Gasteiger partial charge in [-0.05, 0) is 54.6 Å². The molecule has 4 aromatic rings. The van der Waals surface area contributed by atoms with Crippen molar-refractivity contribution in [3.63, 3.8) is 0 Å². The molecule has 0 atom stereocenters. The number of furan rings is 1. The molecule has 1 amide bonds. The van der Waals surface area contributed by atoms with Gasteiger partial charge in [-0.3, -0.25) is 9.89 Å². The first-order valence-corrected chi connectivity index (χ1v) is 9.74. The minimum Gasteiger partial charge on any atom is -0.459 e. The van der Waals surface area contributed by atoms with Crippen molar-refractivity contribution in [2.75, 3.05) is 10.6 Å². The lowest BCUT2D eigenvalue weighted by molar-refractivity contribution is 0.100. The largest absolute Gasteiger partial charge is 0.459 e. The smallest absolute Gasteiger partial charge is 0.256 e. The van der Waals surface area contributed by atoms with Gasteiger partial charge in [-0.1, -0.05) is 29.3 Å². The Morgan fingerprint density at radius 1 is 1.07 bits per heavy atom. The van der Waals surface area contributed by atoms with Gasteiger partial charge in [-0.15, -0.1) is 0 Å². The van der Waals surface area contributed by atoms with Crippen LogP contribution in [0.4, 0.5) is 17.3 Å². The standard InChI is InChI=1S/C21H17Cl2N5O2/c22-13-6-4-12(5-7-13)17-9-8-16(30-17)11-25-20-18(19(24)29)21(28-27-20)26-15-3-1-2-14(23)10-15/h1-10H,11H2,(H2,24,29)(H3,25,26,27,28). The number of nitrogens with one attached hydrogen (secondary N) is 3. The molecule has 9 heteroatoms. The summed E-state index contributed by atoms with van der Waals surface area (Å²) in [4.78, 5) is 12.0. The summed E-state index contributed by atoms with van der Waals surface area (Å²) in [5.74, 6) is 1.45. The number of hydrogen-bond acceptors (Lipinski definition) is 5. The molecule has 2 aromatic carbocycles. The van der Waals surface area contributed by atoms with Gasteiger partial charge in [0.1, 0.15) is 22.9 Å². The van der Waals surface area contributed by atoms with Crippen molar-refractivity contribution in [3.8, 4) is 11.3 Å². The maximum atomic E-state index is 12.0. The van der Waals surface area contributed by atoms with Crippen molar-refractivity contribution in [1.29, 1.82) is 0 Å². The van der Waals surface area contributed by atoms with E-state index < -0.39 is 5.91 Å². The van der Waals surface area contributed by atoms with Gasteiger partial charge in [-0.25, -0.2) is 0 Å². The second-order valence-electron chi connectivity index (χ2n) is 6.45. The fourth-order valence-electron chi connectivity index (χ4n) is 2.92. The molecule has 2 aromatic heterocycles. The zero-order valence-corrected chi connectivity index (χ0v) is 17.1. The van der Waals surface area contributed by atoms with Gasteiger partial charge in [0, 0.05) is 21.3 Å². The van der Waals surface area contributed by atoms with Crippen LogP contribution in [0.15, 0.2) is 65.1 Å². The summed E-state index contributed by atoms with van der Waals surface area (Å²) in [7, 11) is 0. The number of amides is 1. The molecule has 4 rings (SSSR count). The molecule has 0 aliphatic carbocycles. The molecular weight excluding hydrogens is 425 g/mol. The maximum Gasteiger partial charge on any atom is 0.256 e. The topological polar surface area (TPSA) is 109 Å². The molecule has 0 saturated heterocycles. The first kappa shape index (κ1) is 19.9. The fourth-order valence-corrected chi connectivity index (χ4v) is 3.24. The molecule has 7 nitrogen and oxygen atoms in total. The predicted octanol–water partition coefficient (Wildman–Crippen LogP) is 5.43. The quantitative estimate of drug-likeness (QED) is 0.305. The molecule has 0 aliphatic heterocycles. The zero-order valence-electron chi connectivity index (χ0n) is 15.6. The lowest BCUT2D eigenvalue weighted by atomic mass is 10.2. The highest BCUT2D eigenvalue weighted by Gasteiger charge is 2.19. The van der Waals surface area contributed by atoms with E-state index in [1.165, 1.54) is 0 Å². The number of nitrogens with two attached hydrogens (primary N) is 1. The van der Waals surface area contributed by atoms with Crippen LogP contribution in [0.3, 0.4) is 0 Å². The minimum atomic E-state index is -0.628. The lowest BCUT2D eigenvalue weighted by Crippen LogP contribution is -2.15. The summed E-state index contributed by atoms with van der Waals surface area (Å²) in [5.41, 5.74) is 7.37. The van der Waals surface area contributed by atoms with E-state index in [-0.39, 0.29) is 5.56 Å². The van der Waals surface area contributed by atoms with Gasteiger partial charge in [0.05, 0.1) is 6.54 Å². The van der Waals surface area contributed by atoms with Crippen molar-refractivity contribution >= 4 is 46.4 Å². The van der Waals surface area contributed by atoms with Crippen LogP contribution < -0.4 is 16.4 Å². The second-order valence-corrected chi connectivity index (χ2v) is 7.32. The first-order chi connectivity index (χ1) is 14.5. The van der Waals surface area contributed by atoms with Gasteiger partial charge in [0.25, 0.3) is 5.91 Å². The molecule has 152 valence electrons. The summed E-state index contributed by atoms with van der Waals surface area (Å²) < 4.78 is 5.86. The Bertz CT molecular complexity index is 1180. The van der Waals surface area contributed by atoms with Gasteiger partial charge in [0.2, 0.25) is 0 Å². The summed E-state index contributed by atoms with van der Waals surface area (Å²) in [6.45, 7) is 0.326. The summed E-state index contributed by atoms with van der Waals surface area (Å²) >= 11 is 11.9. The van der Waals surface area contributed by atoms with Crippen LogP contribution in [0.2, 0.25) is 10.0 Å². The normalized spacial score (nSPS) is 10.7. The Balaban J connectivity index is 1.49. The Morgan fingerprint density at radius 2 is 1.87 bits per heavy atom. The average Bonchev–Trinajstić information content (AvgIpc) is 3.34. The average molecular weight is 442 g/mol. The van der Waals surface area contributed by atoms with E-state index in [2.05, 4.69) is 20.8 Å². The van der Waals surface area contributed by atoms with E-state index in [0.717, 1.165) is 5.56 Å². The monoisotopic (exact) mass is 441 g/mol. The summed E-state index contributed by atoms with van der Waals surface area (Å²) in [5, 5.41) is 14.3. The van der Waals surface area contributed by atoms with Crippen LogP contribution >= 0.6 is 23.2 Å². The molecule has 0 fully saturated rings. The fraction of sp³-hybridized carbons (Fsp3) is 0.0476. The Morgan fingerprint density at radius 3 is 2.60 bits per heavy atom. The number of anilines is 3. The van der Waals surface area contributed by atoms with Crippen molar-refractivity contribution in [2.24, 2.45) is 5.73 Å². The molecule has 30 heavy (non-hydrogen) atoms. The van der Waals surface area contributed by atoms with Crippen molar-refractivity contribution in [2.45, 2.75) is 6.54 Å². The van der Waals surface area contributed by atoms with E-state index in [4.69, 9.17) is 33.4 Å². The van der Waals surface area contributed by atoms with E-state index in [9.17, 15) is 4.79 Å². The number of carbonyl (C=O) groups is 1. The van der Waals surface area contributed by atoms with Gasteiger partial charge < -0.3 is 20.8 Å². The minimum absolute atomic E-state index is 0.208. The second kappa shape index (κ2) is 8.52. The lowest BCUT2D eigenvalue weighted by Gasteiger charge is -2.07. The number of rotatable bonds is 7. The number of aromatic nitrogens is 2. The third kappa shape index (κ3) is 4.42. The number of aromatic amines is 1. The van der Waals surface area contributed by atoms with Crippen LogP contribution in [-0.2, 0) is 6.54 Å². The molecule has 0 unspecified atom stereocenters. The number of primary amides is 1. The Labute approximate surface area is 182 Å². The molecule has 0 spiro atoms. The highest BCUT2D eigenvalue weighted by atomic mass is 35.5. The van der Waals surface area contributed by atoms with Crippen molar-refractivity contribution in [3.05, 3.63) is 82.0 Å². The van der Waals surface area contributed by atoms with E-state index in [1.807, 2.05) is 24.3 Å². The molecule has 0 bridgehead atoms. The number of H-pyrrole nitrogens is 1. The van der Waals surface area contributed by atoms with E-state index in [0.29, 0.717) is 45.4 Å². The molecule has 5 N–H and O–H groups in total. The van der Waals surface area contributed by atoms with Crippen LogP contribution in [-0.4, -0.2) is 16.1 Å². The summed E-state index contributed by atoms with van der Waals surface area (Å²) in [6, 6.07) is 18.1. The molecule has 0 saturated carbocycles. The number of nitrogens with zero attached hydrogens (tertiary/aromatic N) is 1. The predicted molar refractivity (Wildman–Crippen MR) is 118 cm³/mol. The van der Waals surface area contributed by atoms with E-state index >= 15 is 0 Å². The number of hydrogen-bond donors (Lipinski definition) is 4.